The molecule has 5 nitrogen and oxygen atoms in total. The van der Waals surface area contributed by atoms with Crippen LogP contribution in [-0.4, -0.2) is 40.0 Å². The average Bonchev–Trinajstić information content (AvgIpc) is 2.23. The van der Waals surface area contributed by atoms with Gasteiger partial charge in [0.15, 0.2) is 0 Å². The molecule has 0 radical (unpaired) electrons. The summed E-state index contributed by atoms with van der Waals surface area (Å²) in [5.74, 6) is 0.761. The topological polar surface area (TPSA) is 58.6 Å². The molecule has 102 valence electrons. The van der Waals surface area contributed by atoms with Crippen LogP contribution in [0.1, 0.15) is 11.1 Å². The maximum atomic E-state index is 11.4. The maximum Gasteiger partial charge on any atom is 0.279 e. The van der Waals surface area contributed by atoms with Crippen LogP contribution < -0.4 is 9.46 Å². The highest BCUT2D eigenvalue weighted by atomic mass is 32.2. The van der Waals surface area contributed by atoms with Gasteiger partial charge in [0.1, 0.15) is 12.4 Å². The molecule has 0 saturated heterocycles. The lowest BCUT2D eigenvalue weighted by Gasteiger charge is -2.13. The van der Waals surface area contributed by atoms with Gasteiger partial charge >= 0.3 is 0 Å². The first-order valence-electron chi connectivity index (χ1n) is 5.69. The SMILES string of the molecule is Cc1cc(C)cc(OCCNS(=O)(=O)N(C)C)c1. The zero-order chi connectivity index (χ0) is 13.8. The van der Waals surface area contributed by atoms with E-state index in [1.165, 1.54) is 14.1 Å². The molecular formula is C12H20N2O3S. The Bertz CT molecular complexity index is 478. The summed E-state index contributed by atoms with van der Waals surface area (Å²) in [6.45, 7) is 4.53. The van der Waals surface area contributed by atoms with Crippen molar-refractivity contribution in [2.45, 2.75) is 13.8 Å². The van der Waals surface area contributed by atoms with Crippen LogP contribution in [0.15, 0.2) is 18.2 Å². The summed E-state index contributed by atoms with van der Waals surface area (Å²) in [5, 5.41) is 0. The molecular weight excluding hydrogens is 252 g/mol. The van der Waals surface area contributed by atoms with E-state index >= 15 is 0 Å². The van der Waals surface area contributed by atoms with Crippen LogP contribution in [0.2, 0.25) is 0 Å². The van der Waals surface area contributed by atoms with Crippen molar-refractivity contribution in [3.8, 4) is 5.75 Å². The first-order chi connectivity index (χ1) is 8.31. The fourth-order valence-corrected chi connectivity index (χ4v) is 2.08. The van der Waals surface area contributed by atoms with Gasteiger partial charge in [0.2, 0.25) is 0 Å². The standard InChI is InChI=1S/C12H20N2O3S/c1-10-7-11(2)9-12(8-10)17-6-5-13-18(15,16)14(3)4/h7-9,13H,5-6H2,1-4H3. The van der Waals surface area contributed by atoms with E-state index in [9.17, 15) is 8.42 Å². The van der Waals surface area contributed by atoms with Gasteiger partial charge in [-0.25, -0.2) is 0 Å². The molecule has 0 fully saturated rings. The monoisotopic (exact) mass is 272 g/mol. The minimum atomic E-state index is -3.37. The Morgan fingerprint density at radius 3 is 2.22 bits per heavy atom. The summed E-state index contributed by atoms with van der Waals surface area (Å²) in [6, 6.07) is 5.91. The normalized spacial score (nSPS) is 11.8. The van der Waals surface area contributed by atoms with E-state index in [0.717, 1.165) is 21.2 Å². The number of nitrogens with zero attached hydrogens (tertiary/aromatic N) is 1. The number of benzene rings is 1. The third-order valence-electron chi connectivity index (χ3n) is 2.33. The molecule has 1 rings (SSSR count). The Morgan fingerprint density at radius 1 is 1.17 bits per heavy atom. The Hall–Kier alpha value is -1.11. The summed E-state index contributed by atoms with van der Waals surface area (Å²) in [5.41, 5.74) is 2.25. The molecule has 0 unspecified atom stereocenters. The van der Waals surface area contributed by atoms with E-state index in [-0.39, 0.29) is 6.54 Å². The van der Waals surface area contributed by atoms with E-state index in [1.54, 1.807) is 0 Å². The molecule has 0 heterocycles. The maximum absolute atomic E-state index is 11.4. The van der Waals surface area contributed by atoms with E-state index in [2.05, 4.69) is 10.8 Å². The van der Waals surface area contributed by atoms with Crippen molar-refractivity contribution >= 4 is 10.2 Å². The molecule has 0 bridgehead atoms. The highest BCUT2D eigenvalue weighted by Crippen LogP contribution is 2.15. The average molecular weight is 272 g/mol. The molecule has 0 spiro atoms. The number of aryl methyl sites for hydroxylation is 2. The molecule has 6 heteroatoms. The van der Waals surface area contributed by atoms with E-state index in [0.29, 0.717) is 6.61 Å². The lowest BCUT2D eigenvalue weighted by atomic mass is 10.1. The zero-order valence-electron chi connectivity index (χ0n) is 11.2. The molecule has 18 heavy (non-hydrogen) atoms. The summed E-state index contributed by atoms with van der Waals surface area (Å²) < 4.78 is 31.9. The van der Waals surface area contributed by atoms with E-state index < -0.39 is 10.2 Å². The summed E-state index contributed by atoms with van der Waals surface area (Å²) >= 11 is 0. The van der Waals surface area contributed by atoms with Crippen LogP contribution in [0.25, 0.3) is 0 Å². The van der Waals surface area contributed by atoms with Gasteiger partial charge in [-0.15, -0.1) is 0 Å². The summed E-state index contributed by atoms with van der Waals surface area (Å²) in [6.07, 6.45) is 0. The Balaban J connectivity index is 2.43. The van der Waals surface area contributed by atoms with Crippen molar-refractivity contribution in [1.82, 2.24) is 9.03 Å². The van der Waals surface area contributed by atoms with Gasteiger partial charge < -0.3 is 4.74 Å². The van der Waals surface area contributed by atoms with Gasteiger partial charge in [0.05, 0.1) is 0 Å². The third kappa shape index (κ3) is 4.64. The van der Waals surface area contributed by atoms with Gasteiger partial charge in [0.25, 0.3) is 10.2 Å². The van der Waals surface area contributed by atoms with Gasteiger partial charge in [-0.05, 0) is 37.1 Å². The second-order valence-electron chi connectivity index (χ2n) is 4.35. The molecule has 0 aliphatic heterocycles. The van der Waals surface area contributed by atoms with Gasteiger partial charge in [-0.3, -0.25) is 0 Å². The van der Waals surface area contributed by atoms with Crippen molar-refractivity contribution in [2.24, 2.45) is 0 Å². The van der Waals surface area contributed by atoms with Crippen molar-refractivity contribution in [2.75, 3.05) is 27.2 Å². The number of hydrogen-bond donors (Lipinski definition) is 1. The molecule has 1 N–H and O–H groups in total. The predicted molar refractivity (Wildman–Crippen MR) is 72.0 cm³/mol. The Morgan fingerprint density at radius 2 is 1.72 bits per heavy atom. The molecule has 1 aromatic carbocycles. The van der Waals surface area contributed by atoms with Crippen molar-refractivity contribution in [3.05, 3.63) is 29.3 Å². The van der Waals surface area contributed by atoms with Crippen molar-refractivity contribution < 1.29 is 13.2 Å². The quantitative estimate of drug-likeness (QED) is 0.788. The zero-order valence-corrected chi connectivity index (χ0v) is 12.0. The van der Waals surface area contributed by atoms with Gasteiger partial charge in [-0.2, -0.15) is 17.4 Å². The van der Waals surface area contributed by atoms with Crippen LogP contribution in [0.3, 0.4) is 0 Å². The Kier molecular flexibility index (Phi) is 5.13. The summed E-state index contributed by atoms with van der Waals surface area (Å²) in [7, 11) is -0.407. The lowest BCUT2D eigenvalue weighted by Crippen LogP contribution is -2.37. The fraction of sp³-hybridized carbons (Fsp3) is 0.500. The van der Waals surface area contributed by atoms with Gasteiger partial charge in [0, 0.05) is 20.6 Å². The van der Waals surface area contributed by atoms with Crippen molar-refractivity contribution in [1.29, 1.82) is 0 Å². The smallest absolute Gasteiger partial charge is 0.279 e. The molecule has 0 amide bonds. The third-order valence-corrected chi connectivity index (χ3v) is 3.86. The largest absolute Gasteiger partial charge is 0.492 e. The molecule has 1 aromatic rings. The highest BCUT2D eigenvalue weighted by molar-refractivity contribution is 7.87. The minimum Gasteiger partial charge on any atom is -0.492 e. The predicted octanol–water partition coefficient (Wildman–Crippen LogP) is 1.08. The second-order valence-corrected chi connectivity index (χ2v) is 6.32. The van der Waals surface area contributed by atoms with Crippen LogP contribution >= 0.6 is 0 Å². The molecule has 0 aromatic heterocycles. The number of rotatable bonds is 6. The number of ether oxygens (including phenoxy) is 1. The molecule has 0 aliphatic rings. The molecule has 0 aliphatic carbocycles. The van der Waals surface area contributed by atoms with Crippen molar-refractivity contribution in [3.63, 3.8) is 0 Å². The highest BCUT2D eigenvalue weighted by Gasteiger charge is 2.11. The number of nitrogens with one attached hydrogen (secondary N) is 1. The van der Waals surface area contributed by atoms with Crippen LogP contribution in [0.4, 0.5) is 0 Å². The first kappa shape index (κ1) is 14.9. The lowest BCUT2D eigenvalue weighted by molar-refractivity contribution is 0.321. The fourth-order valence-electron chi connectivity index (χ4n) is 1.48. The van der Waals surface area contributed by atoms with E-state index in [1.807, 2.05) is 26.0 Å². The second kappa shape index (κ2) is 6.17. The number of hydrogen-bond acceptors (Lipinski definition) is 3. The Labute approximate surface area is 109 Å². The van der Waals surface area contributed by atoms with Crippen LogP contribution in [-0.2, 0) is 10.2 Å². The molecule has 0 atom stereocenters. The van der Waals surface area contributed by atoms with Crippen LogP contribution in [0.5, 0.6) is 5.75 Å². The van der Waals surface area contributed by atoms with Crippen LogP contribution in [0, 0.1) is 13.8 Å². The summed E-state index contributed by atoms with van der Waals surface area (Å²) in [4.78, 5) is 0. The van der Waals surface area contributed by atoms with Gasteiger partial charge in [-0.1, -0.05) is 6.07 Å². The van der Waals surface area contributed by atoms with E-state index in [4.69, 9.17) is 4.74 Å². The minimum absolute atomic E-state index is 0.244. The molecule has 0 saturated carbocycles. The first-order valence-corrected chi connectivity index (χ1v) is 7.13.